The average molecular weight is 356 g/mol. The molecule has 24 heavy (non-hydrogen) atoms. The van der Waals surface area contributed by atoms with Gasteiger partial charge in [0.1, 0.15) is 5.75 Å². The zero-order chi connectivity index (χ0) is 17.6. The second-order valence-electron chi connectivity index (χ2n) is 5.62. The number of urea groups is 1. The molecule has 1 aromatic rings. The molecule has 1 aliphatic heterocycles. The first-order valence-electron chi connectivity index (χ1n) is 7.75. The fourth-order valence-electron chi connectivity index (χ4n) is 2.49. The van der Waals surface area contributed by atoms with Crippen molar-refractivity contribution in [2.24, 2.45) is 0 Å². The van der Waals surface area contributed by atoms with Crippen LogP contribution in [0.1, 0.15) is 0 Å². The number of carbonyl (C=O) groups is 1. The summed E-state index contributed by atoms with van der Waals surface area (Å²) >= 11 is 0. The lowest BCUT2D eigenvalue weighted by molar-refractivity contribution is 0.189. The Bertz CT molecular complexity index is 657. The van der Waals surface area contributed by atoms with Crippen molar-refractivity contribution >= 4 is 21.7 Å². The summed E-state index contributed by atoms with van der Waals surface area (Å²) in [5.41, 5.74) is 0.661. The van der Waals surface area contributed by atoms with Gasteiger partial charge in [0, 0.05) is 51.0 Å². The van der Waals surface area contributed by atoms with Gasteiger partial charge in [-0.15, -0.1) is 0 Å². The Morgan fingerprint density at radius 3 is 2.58 bits per heavy atom. The van der Waals surface area contributed by atoms with Crippen molar-refractivity contribution in [2.45, 2.75) is 0 Å². The van der Waals surface area contributed by atoms with Crippen LogP contribution < -0.4 is 15.4 Å². The number of sulfonamides is 1. The van der Waals surface area contributed by atoms with Crippen LogP contribution in [0.3, 0.4) is 0 Å². The molecule has 1 aromatic carbocycles. The summed E-state index contributed by atoms with van der Waals surface area (Å²) in [4.78, 5) is 14.0. The molecule has 1 aliphatic rings. The molecule has 1 heterocycles. The van der Waals surface area contributed by atoms with E-state index in [4.69, 9.17) is 4.74 Å². The molecule has 1 fully saturated rings. The lowest BCUT2D eigenvalue weighted by atomic mass is 10.3. The van der Waals surface area contributed by atoms with Crippen molar-refractivity contribution in [1.82, 2.24) is 14.5 Å². The van der Waals surface area contributed by atoms with E-state index in [9.17, 15) is 13.2 Å². The number of nitrogens with one attached hydrogen (secondary N) is 2. The van der Waals surface area contributed by atoms with E-state index in [0.29, 0.717) is 50.7 Å². The molecule has 2 amide bonds. The van der Waals surface area contributed by atoms with Gasteiger partial charge in [-0.05, 0) is 12.1 Å². The van der Waals surface area contributed by atoms with Crippen LogP contribution in [0.25, 0.3) is 0 Å². The highest BCUT2D eigenvalue weighted by molar-refractivity contribution is 7.88. The number of amides is 2. The Labute approximate surface area is 142 Å². The SMILES string of the molecule is COc1cccc(NC(=O)NCCN2CCN(S(C)(=O)=O)CC2)c1. The van der Waals surface area contributed by atoms with Crippen molar-refractivity contribution in [1.29, 1.82) is 0 Å². The summed E-state index contributed by atoms with van der Waals surface area (Å²) in [7, 11) is -1.53. The van der Waals surface area contributed by atoms with Crippen molar-refractivity contribution in [3.63, 3.8) is 0 Å². The number of anilines is 1. The minimum Gasteiger partial charge on any atom is -0.497 e. The number of rotatable bonds is 6. The maximum absolute atomic E-state index is 11.9. The molecule has 134 valence electrons. The van der Waals surface area contributed by atoms with Crippen LogP contribution in [0.5, 0.6) is 5.75 Å². The summed E-state index contributed by atoms with van der Waals surface area (Å²) in [6.07, 6.45) is 1.23. The molecule has 0 atom stereocenters. The highest BCUT2D eigenvalue weighted by atomic mass is 32.2. The first kappa shape index (κ1) is 18.5. The van der Waals surface area contributed by atoms with Gasteiger partial charge in [0.25, 0.3) is 0 Å². The minimum absolute atomic E-state index is 0.280. The summed E-state index contributed by atoms with van der Waals surface area (Å²) in [5, 5.41) is 5.54. The summed E-state index contributed by atoms with van der Waals surface area (Å²) in [6, 6.07) is 6.85. The van der Waals surface area contributed by atoms with Crippen LogP contribution in [0, 0.1) is 0 Å². The molecule has 0 aliphatic carbocycles. The standard InChI is InChI=1S/C15H24N4O4S/c1-23-14-5-3-4-13(12-14)17-15(20)16-6-7-18-8-10-19(11-9-18)24(2,21)22/h3-5,12H,6-11H2,1-2H3,(H2,16,17,20). The Morgan fingerprint density at radius 1 is 1.25 bits per heavy atom. The Hall–Kier alpha value is -1.84. The molecular weight excluding hydrogens is 332 g/mol. The minimum atomic E-state index is -3.11. The highest BCUT2D eigenvalue weighted by Crippen LogP contribution is 2.16. The zero-order valence-electron chi connectivity index (χ0n) is 14.0. The lowest BCUT2D eigenvalue weighted by Gasteiger charge is -2.33. The molecule has 1 saturated heterocycles. The largest absolute Gasteiger partial charge is 0.497 e. The van der Waals surface area contributed by atoms with Crippen LogP contribution in [-0.2, 0) is 10.0 Å². The molecule has 2 rings (SSSR count). The van der Waals surface area contributed by atoms with E-state index >= 15 is 0 Å². The van der Waals surface area contributed by atoms with Gasteiger partial charge >= 0.3 is 6.03 Å². The number of piperazine rings is 1. The topological polar surface area (TPSA) is 91.0 Å². The monoisotopic (exact) mass is 356 g/mol. The van der Waals surface area contributed by atoms with Gasteiger partial charge in [-0.25, -0.2) is 13.2 Å². The summed E-state index contributed by atoms with van der Waals surface area (Å²) in [6.45, 7) is 3.51. The molecule has 0 radical (unpaired) electrons. The summed E-state index contributed by atoms with van der Waals surface area (Å²) in [5.74, 6) is 0.677. The van der Waals surface area contributed by atoms with Crippen LogP contribution in [0.2, 0.25) is 0 Å². The molecule has 0 spiro atoms. The van der Waals surface area contributed by atoms with E-state index in [1.165, 1.54) is 10.6 Å². The molecule has 9 heteroatoms. The molecule has 0 bridgehead atoms. The van der Waals surface area contributed by atoms with Gasteiger partial charge in [-0.1, -0.05) is 6.07 Å². The third kappa shape index (κ3) is 5.66. The number of methoxy groups -OCH3 is 1. The smallest absolute Gasteiger partial charge is 0.319 e. The van der Waals surface area contributed by atoms with Gasteiger partial charge in [-0.3, -0.25) is 4.90 Å². The number of ether oxygens (including phenoxy) is 1. The van der Waals surface area contributed by atoms with Gasteiger partial charge < -0.3 is 15.4 Å². The Morgan fingerprint density at radius 2 is 1.96 bits per heavy atom. The third-order valence-corrected chi connectivity index (χ3v) is 5.14. The average Bonchev–Trinajstić information content (AvgIpc) is 2.54. The molecule has 2 N–H and O–H groups in total. The number of nitrogens with zero attached hydrogens (tertiary/aromatic N) is 2. The van der Waals surface area contributed by atoms with E-state index in [0.717, 1.165) is 0 Å². The first-order valence-corrected chi connectivity index (χ1v) is 9.60. The zero-order valence-corrected chi connectivity index (χ0v) is 14.8. The fourth-order valence-corrected chi connectivity index (χ4v) is 3.32. The van der Waals surface area contributed by atoms with Crippen LogP contribution in [0.15, 0.2) is 24.3 Å². The number of hydrogen-bond acceptors (Lipinski definition) is 5. The van der Waals surface area contributed by atoms with E-state index < -0.39 is 10.0 Å². The van der Waals surface area contributed by atoms with E-state index in [-0.39, 0.29) is 6.03 Å². The summed E-state index contributed by atoms with van der Waals surface area (Å²) < 4.78 is 29.5. The first-order chi connectivity index (χ1) is 11.4. The molecule has 0 unspecified atom stereocenters. The van der Waals surface area contributed by atoms with Crippen molar-refractivity contribution < 1.29 is 17.9 Å². The van der Waals surface area contributed by atoms with Gasteiger partial charge in [-0.2, -0.15) is 4.31 Å². The second kappa shape index (κ2) is 8.32. The van der Waals surface area contributed by atoms with Crippen LogP contribution in [-0.4, -0.2) is 76.3 Å². The fraction of sp³-hybridized carbons (Fsp3) is 0.533. The molecule has 0 saturated carbocycles. The van der Waals surface area contributed by atoms with Gasteiger partial charge in [0.15, 0.2) is 0 Å². The van der Waals surface area contributed by atoms with Crippen molar-refractivity contribution in [3.8, 4) is 5.75 Å². The van der Waals surface area contributed by atoms with Crippen molar-refractivity contribution in [2.75, 3.05) is 58.0 Å². The van der Waals surface area contributed by atoms with Crippen molar-refractivity contribution in [3.05, 3.63) is 24.3 Å². The predicted octanol–water partition coefficient (Wildman–Crippen LogP) is 0.394. The molecular formula is C15H24N4O4S. The normalized spacial score (nSPS) is 16.6. The Kier molecular flexibility index (Phi) is 6.41. The highest BCUT2D eigenvalue weighted by Gasteiger charge is 2.22. The van der Waals surface area contributed by atoms with Gasteiger partial charge in [0.2, 0.25) is 10.0 Å². The van der Waals surface area contributed by atoms with Crippen LogP contribution in [0.4, 0.5) is 10.5 Å². The number of carbonyl (C=O) groups excluding carboxylic acids is 1. The quantitative estimate of drug-likeness (QED) is 0.770. The second-order valence-corrected chi connectivity index (χ2v) is 7.60. The van der Waals surface area contributed by atoms with E-state index in [1.807, 2.05) is 0 Å². The Balaban J connectivity index is 1.68. The van der Waals surface area contributed by atoms with Gasteiger partial charge in [0.05, 0.1) is 13.4 Å². The maximum atomic E-state index is 11.9. The third-order valence-electron chi connectivity index (χ3n) is 3.84. The molecule has 0 aromatic heterocycles. The maximum Gasteiger partial charge on any atom is 0.319 e. The number of benzene rings is 1. The predicted molar refractivity (Wildman–Crippen MR) is 92.9 cm³/mol. The number of hydrogen-bond donors (Lipinski definition) is 2. The lowest BCUT2D eigenvalue weighted by Crippen LogP contribution is -2.50. The van der Waals surface area contributed by atoms with Crippen LogP contribution >= 0.6 is 0 Å². The van der Waals surface area contributed by atoms with E-state index in [1.54, 1.807) is 31.4 Å². The molecule has 8 nitrogen and oxygen atoms in total. The van der Waals surface area contributed by atoms with E-state index in [2.05, 4.69) is 15.5 Å².